The fourth-order valence-corrected chi connectivity index (χ4v) is 2.78. The molecule has 0 spiro atoms. The fraction of sp³-hybridized carbons (Fsp3) is 0.0833. The maximum Gasteiger partial charge on any atom is 0.343 e. The normalized spacial score (nSPS) is 10.6. The van der Waals surface area contributed by atoms with E-state index in [1.54, 1.807) is 54.6 Å². The molecule has 0 bridgehead atoms. The van der Waals surface area contributed by atoms with Gasteiger partial charge in [-0.2, -0.15) is 5.10 Å². The van der Waals surface area contributed by atoms with Crippen LogP contribution in [-0.2, 0) is 4.79 Å². The van der Waals surface area contributed by atoms with E-state index in [-0.39, 0.29) is 12.5 Å². The van der Waals surface area contributed by atoms with Crippen molar-refractivity contribution in [3.63, 3.8) is 0 Å². The van der Waals surface area contributed by atoms with Crippen LogP contribution < -0.4 is 15.5 Å². The van der Waals surface area contributed by atoms with Crippen LogP contribution in [0.1, 0.15) is 31.8 Å². The lowest BCUT2D eigenvalue weighted by Gasteiger charge is -2.05. The number of carbonyl (C=O) groups is 3. The first kappa shape index (κ1) is 22.7. The quantitative estimate of drug-likeness (QED) is 0.248. The Morgan fingerprint density at radius 3 is 2.38 bits per heavy atom. The zero-order valence-electron chi connectivity index (χ0n) is 17.2. The number of nitrogens with zero attached hydrogens (tertiary/aromatic N) is 1. The minimum Gasteiger partial charge on any atom is -0.423 e. The van der Waals surface area contributed by atoms with Gasteiger partial charge in [0.15, 0.2) is 0 Å². The monoisotopic (exact) mass is 449 g/mol. The number of carbonyl (C=O) groups excluding carboxylic acids is 3. The molecule has 2 N–H and O–H groups in total. The van der Waals surface area contributed by atoms with Crippen LogP contribution in [0.15, 0.2) is 77.9 Å². The largest absolute Gasteiger partial charge is 0.423 e. The second-order valence-corrected chi connectivity index (χ2v) is 7.25. The van der Waals surface area contributed by atoms with Gasteiger partial charge in [-0.25, -0.2) is 10.2 Å². The van der Waals surface area contributed by atoms with Crippen molar-refractivity contribution in [2.45, 2.75) is 6.92 Å². The predicted octanol–water partition coefficient (Wildman–Crippen LogP) is 3.75. The number of hydrogen-bond donors (Lipinski definition) is 2. The van der Waals surface area contributed by atoms with Gasteiger partial charge in [0, 0.05) is 10.6 Å². The molecule has 7 nitrogen and oxygen atoms in total. The molecule has 0 saturated carbocycles. The number of amides is 2. The van der Waals surface area contributed by atoms with E-state index in [2.05, 4.69) is 15.8 Å². The van der Waals surface area contributed by atoms with Gasteiger partial charge in [0.25, 0.3) is 11.8 Å². The Morgan fingerprint density at radius 1 is 0.969 bits per heavy atom. The zero-order chi connectivity index (χ0) is 22.9. The van der Waals surface area contributed by atoms with Crippen molar-refractivity contribution >= 4 is 35.6 Å². The lowest BCUT2D eigenvalue weighted by atomic mass is 10.1. The third-order valence-corrected chi connectivity index (χ3v) is 4.51. The first-order valence-electron chi connectivity index (χ1n) is 9.65. The fourth-order valence-electron chi connectivity index (χ4n) is 2.59. The van der Waals surface area contributed by atoms with Crippen molar-refractivity contribution in [1.29, 1.82) is 0 Å². The average Bonchev–Trinajstić information content (AvgIpc) is 2.79. The molecule has 0 radical (unpaired) electrons. The molecule has 32 heavy (non-hydrogen) atoms. The van der Waals surface area contributed by atoms with E-state index in [0.29, 0.717) is 27.5 Å². The van der Waals surface area contributed by atoms with Crippen LogP contribution in [0.5, 0.6) is 5.75 Å². The van der Waals surface area contributed by atoms with Gasteiger partial charge in [-0.1, -0.05) is 35.4 Å². The molecule has 0 aromatic heterocycles. The molecule has 2 amide bonds. The summed E-state index contributed by atoms with van der Waals surface area (Å²) in [4.78, 5) is 36.0. The summed E-state index contributed by atoms with van der Waals surface area (Å²) in [6.45, 7) is 1.72. The molecule has 0 unspecified atom stereocenters. The molecular weight excluding hydrogens is 430 g/mol. The van der Waals surface area contributed by atoms with E-state index < -0.39 is 11.9 Å². The van der Waals surface area contributed by atoms with E-state index in [4.69, 9.17) is 16.3 Å². The van der Waals surface area contributed by atoms with Crippen LogP contribution in [0.2, 0.25) is 5.02 Å². The topological polar surface area (TPSA) is 96.9 Å². The molecule has 0 heterocycles. The van der Waals surface area contributed by atoms with Crippen LogP contribution in [0.25, 0.3) is 0 Å². The van der Waals surface area contributed by atoms with Gasteiger partial charge < -0.3 is 10.1 Å². The van der Waals surface area contributed by atoms with Gasteiger partial charge in [-0.05, 0) is 67.1 Å². The minimum absolute atomic E-state index is 0.206. The highest BCUT2D eigenvalue weighted by molar-refractivity contribution is 6.30. The Labute approximate surface area is 190 Å². The van der Waals surface area contributed by atoms with Crippen molar-refractivity contribution in [2.24, 2.45) is 5.10 Å². The first-order chi connectivity index (χ1) is 15.4. The van der Waals surface area contributed by atoms with E-state index >= 15 is 0 Å². The number of aryl methyl sites for hydroxylation is 1. The average molecular weight is 450 g/mol. The van der Waals surface area contributed by atoms with Crippen LogP contribution in [0, 0.1) is 6.92 Å². The van der Waals surface area contributed by atoms with E-state index in [9.17, 15) is 14.4 Å². The second kappa shape index (κ2) is 10.9. The zero-order valence-corrected chi connectivity index (χ0v) is 17.9. The Morgan fingerprint density at radius 2 is 1.69 bits per heavy atom. The molecule has 0 fully saturated rings. The number of rotatable bonds is 7. The standard InChI is InChI=1S/C24H20ClN3O4/c1-16-5-9-18(10-6-16)23(30)26-15-22(29)28-27-14-17-7-11-21(12-8-17)32-24(31)19-3-2-4-20(25)13-19/h2-14H,15H2,1H3,(H,26,30)(H,28,29)/b27-14+. The smallest absolute Gasteiger partial charge is 0.343 e. The molecule has 0 atom stereocenters. The summed E-state index contributed by atoms with van der Waals surface area (Å²) in [6, 6.07) is 20.1. The number of nitrogens with one attached hydrogen (secondary N) is 2. The molecular formula is C24H20ClN3O4. The molecule has 3 aromatic carbocycles. The second-order valence-electron chi connectivity index (χ2n) is 6.81. The predicted molar refractivity (Wildman–Crippen MR) is 122 cm³/mol. The summed E-state index contributed by atoms with van der Waals surface area (Å²) in [5.41, 5.74) is 4.88. The molecule has 162 valence electrons. The Hall–Kier alpha value is -3.97. The molecule has 0 aliphatic heterocycles. The number of ether oxygens (including phenoxy) is 1. The number of benzene rings is 3. The maximum absolute atomic E-state index is 12.1. The maximum atomic E-state index is 12.1. The highest BCUT2D eigenvalue weighted by Crippen LogP contribution is 2.16. The number of hydrazone groups is 1. The summed E-state index contributed by atoms with van der Waals surface area (Å²) < 4.78 is 5.30. The summed E-state index contributed by atoms with van der Waals surface area (Å²) in [5.74, 6) is -0.968. The lowest BCUT2D eigenvalue weighted by molar-refractivity contribution is -0.120. The minimum atomic E-state index is -0.520. The van der Waals surface area contributed by atoms with Gasteiger partial charge in [0.1, 0.15) is 5.75 Å². The van der Waals surface area contributed by atoms with Crippen molar-refractivity contribution in [3.8, 4) is 5.75 Å². The van der Waals surface area contributed by atoms with Gasteiger partial charge in [0.2, 0.25) is 0 Å². The lowest BCUT2D eigenvalue weighted by Crippen LogP contribution is -2.34. The van der Waals surface area contributed by atoms with E-state index in [1.807, 2.05) is 19.1 Å². The number of esters is 1. The highest BCUT2D eigenvalue weighted by atomic mass is 35.5. The van der Waals surface area contributed by atoms with E-state index in [0.717, 1.165) is 5.56 Å². The van der Waals surface area contributed by atoms with Crippen molar-refractivity contribution in [3.05, 3.63) is 100 Å². The Bertz CT molecular complexity index is 1140. The van der Waals surface area contributed by atoms with Crippen LogP contribution in [0.4, 0.5) is 0 Å². The van der Waals surface area contributed by atoms with Crippen LogP contribution in [-0.4, -0.2) is 30.5 Å². The van der Waals surface area contributed by atoms with Gasteiger partial charge >= 0.3 is 5.97 Å². The number of hydrogen-bond acceptors (Lipinski definition) is 5. The molecule has 0 aliphatic rings. The Kier molecular flexibility index (Phi) is 7.72. The third kappa shape index (κ3) is 6.78. The van der Waals surface area contributed by atoms with Gasteiger partial charge in [-0.3, -0.25) is 9.59 Å². The first-order valence-corrected chi connectivity index (χ1v) is 10.0. The molecule has 8 heteroatoms. The van der Waals surface area contributed by atoms with Crippen LogP contribution >= 0.6 is 11.6 Å². The van der Waals surface area contributed by atoms with Crippen molar-refractivity contribution in [1.82, 2.24) is 10.7 Å². The SMILES string of the molecule is Cc1ccc(C(=O)NCC(=O)N/N=C/c2ccc(OC(=O)c3cccc(Cl)c3)cc2)cc1. The summed E-state index contributed by atoms with van der Waals surface area (Å²) in [6.07, 6.45) is 1.43. The summed E-state index contributed by atoms with van der Waals surface area (Å²) >= 11 is 5.88. The molecule has 3 aromatic rings. The Balaban J connectivity index is 1.45. The highest BCUT2D eigenvalue weighted by Gasteiger charge is 2.09. The molecule has 3 rings (SSSR count). The third-order valence-electron chi connectivity index (χ3n) is 4.28. The van der Waals surface area contributed by atoms with Gasteiger partial charge in [-0.15, -0.1) is 0 Å². The summed E-state index contributed by atoms with van der Waals surface area (Å²) in [5, 5.41) is 6.83. The van der Waals surface area contributed by atoms with Crippen LogP contribution in [0.3, 0.4) is 0 Å². The summed E-state index contributed by atoms with van der Waals surface area (Å²) in [7, 11) is 0. The number of halogens is 1. The molecule has 0 saturated heterocycles. The van der Waals surface area contributed by atoms with E-state index in [1.165, 1.54) is 12.3 Å². The van der Waals surface area contributed by atoms with Crippen molar-refractivity contribution < 1.29 is 19.1 Å². The van der Waals surface area contributed by atoms with Gasteiger partial charge in [0.05, 0.1) is 18.3 Å². The van der Waals surface area contributed by atoms with Crippen molar-refractivity contribution in [2.75, 3.05) is 6.54 Å². The molecule has 0 aliphatic carbocycles.